The number of benzene rings is 1. The second-order valence-electron chi connectivity index (χ2n) is 3.83. The van der Waals surface area contributed by atoms with Crippen LogP contribution in [0.4, 0.5) is 5.69 Å². The van der Waals surface area contributed by atoms with Gasteiger partial charge in [-0.15, -0.1) is 5.10 Å². The van der Waals surface area contributed by atoms with Gasteiger partial charge in [0.2, 0.25) is 0 Å². The van der Waals surface area contributed by atoms with Gasteiger partial charge in [0.1, 0.15) is 0 Å². The zero-order chi connectivity index (χ0) is 12.4. The lowest BCUT2D eigenvalue weighted by atomic mass is 10.1. The normalized spacial score (nSPS) is 10.4. The molecule has 1 aromatic carbocycles. The van der Waals surface area contributed by atoms with Crippen LogP contribution in [0.2, 0.25) is 0 Å². The molecule has 0 aliphatic heterocycles. The number of nitrogens with zero attached hydrogens (tertiary/aromatic N) is 4. The summed E-state index contributed by atoms with van der Waals surface area (Å²) in [6.45, 7) is 0. The maximum Gasteiger partial charge on any atom is 0.0966 e. The van der Waals surface area contributed by atoms with Gasteiger partial charge in [0.05, 0.1) is 29.5 Å². The van der Waals surface area contributed by atoms with Gasteiger partial charge in [0, 0.05) is 11.8 Å². The first kappa shape index (κ1) is 10.5. The topological polar surface area (TPSA) is 69.6 Å². The van der Waals surface area contributed by atoms with E-state index in [1.807, 2.05) is 36.4 Å². The Bertz CT molecular complexity index is 660. The Morgan fingerprint density at radius 3 is 2.61 bits per heavy atom. The van der Waals surface area contributed by atoms with Gasteiger partial charge in [-0.1, -0.05) is 23.4 Å². The average Bonchev–Trinajstić information content (AvgIpc) is 2.89. The summed E-state index contributed by atoms with van der Waals surface area (Å²) in [5.41, 5.74) is 9.20. The molecule has 3 rings (SSSR count). The highest BCUT2D eigenvalue weighted by Gasteiger charge is 2.10. The average molecular weight is 237 g/mol. The van der Waals surface area contributed by atoms with Crippen molar-refractivity contribution in [3.63, 3.8) is 0 Å². The second kappa shape index (κ2) is 4.29. The monoisotopic (exact) mass is 237 g/mol. The molecule has 2 aromatic heterocycles. The highest BCUT2D eigenvalue weighted by Crippen LogP contribution is 2.25. The standard InChI is InChI=1S/C13H11N5/c14-12-8-15-7-6-11(12)13-9-16-17-18(13)10-4-2-1-3-5-10/h1-9H,14H2. The van der Waals surface area contributed by atoms with Crippen LogP contribution in [0.3, 0.4) is 0 Å². The summed E-state index contributed by atoms with van der Waals surface area (Å²) in [6.07, 6.45) is 5.02. The first-order chi connectivity index (χ1) is 8.86. The van der Waals surface area contributed by atoms with Crippen LogP contribution in [0.15, 0.2) is 55.0 Å². The smallest absolute Gasteiger partial charge is 0.0966 e. The van der Waals surface area contributed by atoms with Crippen molar-refractivity contribution in [1.29, 1.82) is 0 Å². The summed E-state index contributed by atoms with van der Waals surface area (Å²) in [5.74, 6) is 0. The van der Waals surface area contributed by atoms with Gasteiger partial charge in [-0.3, -0.25) is 4.98 Å². The fraction of sp³-hybridized carbons (Fsp3) is 0. The molecule has 88 valence electrons. The number of hydrogen-bond donors (Lipinski definition) is 1. The third-order valence-electron chi connectivity index (χ3n) is 2.68. The first-order valence-electron chi connectivity index (χ1n) is 5.52. The van der Waals surface area contributed by atoms with E-state index in [4.69, 9.17) is 5.73 Å². The van der Waals surface area contributed by atoms with Gasteiger partial charge >= 0.3 is 0 Å². The molecular formula is C13H11N5. The molecule has 18 heavy (non-hydrogen) atoms. The van der Waals surface area contributed by atoms with E-state index in [1.54, 1.807) is 23.3 Å². The summed E-state index contributed by atoms with van der Waals surface area (Å²) in [7, 11) is 0. The van der Waals surface area contributed by atoms with Gasteiger partial charge in [0.15, 0.2) is 0 Å². The maximum absolute atomic E-state index is 5.93. The summed E-state index contributed by atoms with van der Waals surface area (Å²) < 4.78 is 1.76. The van der Waals surface area contributed by atoms with E-state index in [0.29, 0.717) is 5.69 Å². The van der Waals surface area contributed by atoms with Crippen LogP contribution in [-0.2, 0) is 0 Å². The van der Waals surface area contributed by atoms with Gasteiger partial charge < -0.3 is 5.73 Å². The molecule has 5 heteroatoms. The van der Waals surface area contributed by atoms with Crippen LogP contribution in [-0.4, -0.2) is 20.0 Å². The molecule has 3 aromatic rings. The number of rotatable bonds is 2. The summed E-state index contributed by atoms with van der Waals surface area (Å²) in [6, 6.07) is 11.7. The van der Waals surface area contributed by atoms with Gasteiger partial charge in [0.25, 0.3) is 0 Å². The van der Waals surface area contributed by atoms with Crippen LogP contribution in [0.5, 0.6) is 0 Å². The number of nitrogen functional groups attached to an aromatic ring is 1. The Morgan fingerprint density at radius 2 is 1.83 bits per heavy atom. The minimum atomic E-state index is 0.608. The Kier molecular flexibility index (Phi) is 2.49. The zero-order valence-corrected chi connectivity index (χ0v) is 9.56. The number of anilines is 1. The number of nitrogens with two attached hydrogens (primary N) is 1. The van der Waals surface area contributed by atoms with Crippen LogP contribution < -0.4 is 5.73 Å². The number of para-hydroxylation sites is 1. The van der Waals surface area contributed by atoms with Crippen molar-refractivity contribution in [2.75, 3.05) is 5.73 Å². The van der Waals surface area contributed by atoms with Crippen molar-refractivity contribution in [2.45, 2.75) is 0 Å². The Hall–Kier alpha value is -2.69. The highest BCUT2D eigenvalue weighted by molar-refractivity contribution is 5.73. The zero-order valence-electron chi connectivity index (χ0n) is 9.56. The molecule has 0 saturated heterocycles. The molecule has 0 bridgehead atoms. The van der Waals surface area contributed by atoms with Crippen molar-refractivity contribution < 1.29 is 0 Å². The molecule has 0 aliphatic rings. The largest absolute Gasteiger partial charge is 0.397 e. The molecule has 0 spiro atoms. The van der Waals surface area contributed by atoms with Crippen LogP contribution in [0.1, 0.15) is 0 Å². The van der Waals surface area contributed by atoms with Crippen LogP contribution in [0.25, 0.3) is 16.9 Å². The Morgan fingerprint density at radius 1 is 1.00 bits per heavy atom. The van der Waals surface area contributed by atoms with Crippen LogP contribution >= 0.6 is 0 Å². The molecule has 2 N–H and O–H groups in total. The summed E-state index contributed by atoms with van der Waals surface area (Å²) in [4.78, 5) is 3.98. The first-order valence-corrected chi connectivity index (χ1v) is 5.52. The third kappa shape index (κ3) is 1.71. The molecule has 5 nitrogen and oxygen atoms in total. The van der Waals surface area contributed by atoms with Gasteiger partial charge in [-0.05, 0) is 18.2 Å². The maximum atomic E-state index is 5.93. The molecule has 0 fully saturated rings. The molecule has 2 heterocycles. The molecule has 0 aliphatic carbocycles. The third-order valence-corrected chi connectivity index (χ3v) is 2.68. The van der Waals surface area contributed by atoms with E-state index in [2.05, 4.69) is 15.3 Å². The van der Waals surface area contributed by atoms with Crippen molar-refractivity contribution in [2.24, 2.45) is 0 Å². The van der Waals surface area contributed by atoms with Crippen LogP contribution in [0, 0.1) is 0 Å². The SMILES string of the molecule is Nc1cnccc1-c1cnnn1-c1ccccc1. The van der Waals surface area contributed by atoms with Crippen molar-refractivity contribution in [1.82, 2.24) is 20.0 Å². The van der Waals surface area contributed by atoms with Gasteiger partial charge in [-0.25, -0.2) is 4.68 Å². The van der Waals surface area contributed by atoms with E-state index in [-0.39, 0.29) is 0 Å². The van der Waals surface area contributed by atoms with E-state index < -0.39 is 0 Å². The highest BCUT2D eigenvalue weighted by atomic mass is 15.4. The van der Waals surface area contributed by atoms with Crippen molar-refractivity contribution in [3.8, 4) is 16.9 Å². The van der Waals surface area contributed by atoms with Crippen molar-refractivity contribution >= 4 is 5.69 Å². The number of hydrogen-bond acceptors (Lipinski definition) is 4. The molecule has 0 radical (unpaired) electrons. The van der Waals surface area contributed by atoms with Gasteiger partial charge in [-0.2, -0.15) is 0 Å². The van der Waals surface area contributed by atoms with E-state index in [1.165, 1.54) is 0 Å². The van der Waals surface area contributed by atoms with E-state index >= 15 is 0 Å². The second-order valence-corrected chi connectivity index (χ2v) is 3.83. The predicted molar refractivity (Wildman–Crippen MR) is 69.0 cm³/mol. The fourth-order valence-electron chi connectivity index (χ4n) is 1.82. The lowest BCUT2D eigenvalue weighted by Crippen LogP contribution is -2.00. The lowest BCUT2D eigenvalue weighted by molar-refractivity contribution is 0.808. The lowest BCUT2D eigenvalue weighted by Gasteiger charge is -2.07. The number of pyridine rings is 1. The minimum Gasteiger partial charge on any atom is -0.397 e. The molecule has 0 unspecified atom stereocenters. The predicted octanol–water partition coefficient (Wildman–Crippen LogP) is 1.91. The summed E-state index contributed by atoms with van der Waals surface area (Å²) in [5, 5.41) is 8.05. The quantitative estimate of drug-likeness (QED) is 0.739. The minimum absolute atomic E-state index is 0.608. The van der Waals surface area contributed by atoms with E-state index in [9.17, 15) is 0 Å². The van der Waals surface area contributed by atoms with E-state index in [0.717, 1.165) is 16.9 Å². The Balaban J connectivity index is 2.16. The summed E-state index contributed by atoms with van der Waals surface area (Å²) >= 11 is 0. The fourth-order valence-corrected chi connectivity index (χ4v) is 1.82. The molecule has 0 saturated carbocycles. The Labute approximate surface area is 104 Å². The molecule has 0 atom stereocenters. The molecule has 0 amide bonds. The molecular weight excluding hydrogens is 226 g/mol. The van der Waals surface area contributed by atoms with Crippen molar-refractivity contribution in [3.05, 3.63) is 55.0 Å². The number of aromatic nitrogens is 4.